The molecule has 0 aromatic rings. The molecule has 0 unspecified atom stereocenters. The van der Waals surface area contributed by atoms with Gasteiger partial charge in [0.1, 0.15) is 0 Å². The average molecular weight is 198 g/mol. The molecule has 0 saturated heterocycles. The monoisotopic (exact) mass is 198 g/mol. The van der Waals surface area contributed by atoms with Crippen molar-refractivity contribution in [2.75, 3.05) is 0 Å². The Morgan fingerprint density at radius 3 is 2.00 bits per heavy atom. The zero-order valence-electron chi connectivity index (χ0n) is 9.32. The molecular weight excluding hydrogens is 180 g/mol. The maximum atomic E-state index is 3.79. The lowest BCUT2D eigenvalue weighted by molar-refractivity contribution is 1.50. The van der Waals surface area contributed by atoms with E-state index in [1.54, 1.807) is 12.2 Å². The van der Waals surface area contributed by atoms with Crippen LogP contribution in [0.1, 0.15) is 6.92 Å². The lowest BCUT2D eigenvalue weighted by atomic mass is 10.0. The zero-order chi connectivity index (χ0) is 11.5. The first-order chi connectivity index (χ1) is 7.29. The summed E-state index contributed by atoms with van der Waals surface area (Å²) in [5.41, 5.74) is 2.20. The third kappa shape index (κ3) is 5.48. The van der Waals surface area contributed by atoms with Crippen molar-refractivity contribution in [3.63, 3.8) is 0 Å². The van der Waals surface area contributed by atoms with Crippen LogP contribution >= 0.6 is 0 Å². The molecule has 0 saturated carbocycles. The fraction of sp³-hybridized carbons (Fsp3) is 0.0667. The molecule has 0 spiro atoms. The van der Waals surface area contributed by atoms with Crippen molar-refractivity contribution in [2.45, 2.75) is 6.92 Å². The van der Waals surface area contributed by atoms with Crippen LogP contribution in [0, 0.1) is 0 Å². The van der Waals surface area contributed by atoms with E-state index in [4.69, 9.17) is 0 Å². The first-order valence-corrected chi connectivity index (χ1v) is 4.87. The van der Waals surface area contributed by atoms with E-state index < -0.39 is 0 Å². The molecule has 0 heteroatoms. The third-order valence-corrected chi connectivity index (χ3v) is 1.80. The molecule has 0 aliphatic carbocycles. The van der Waals surface area contributed by atoms with Gasteiger partial charge in [-0.3, -0.25) is 0 Å². The molecule has 0 nitrogen and oxygen atoms in total. The van der Waals surface area contributed by atoms with Crippen LogP contribution in [0.3, 0.4) is 0 Å². The molecule has 0 aromatic heterocycles. The molecule has 0 N–H and O–H groups in total. The van der Waals surface area contributed by atoms with Gasteiger partial charge >= 0.3 is 0 Å². The van der Waals surface area contributed by atoms with Crippen LogP contribution in [-0.4, -0.2) is 0 Å². The fourth-order valence-electron chi connectivity index (χ4n) is 1.05. The number of rotatable bonds is 6. The predicted octanol–water partition coefficient (Wildman–Crippen LogP) is 4.53. The molecule has 0 aromatic carbocycles. The SMILES string of the molecule is C=C/C=C\C=C(/C=C)C(=CC)/C=C\C=C. The summed E-state index contributed by atoms with van der Waals surface area (Å²) in [4.78, 5) is 0. The van der Waals surface area contributed by atoms with E-state index in [9.17, 15) is 0 Å². The standard InChI is InChI=1S/C15H18/c1-5-9-11-13-15(8-4)14(7-3)12-10-6-2/h5-13H,1-2,4H2,3H3/b11-9-,12-10-,14-7?,15-13+. The van der Waals surface area contributed by atoms with Crippen molar-refractivity contribution >= 4 is 0 Å². The van der Waals surface area contributed by atoms with Crippen LogP contribution in [0.2, 0.25) is 0 Å². The number of hydrogen-bond acceptors (Lipinski definition) is 0. The van der Waals surface area contributed by atoms with Crippen molar-refractivity contribution in [3.8, 4) is 0 Å². The quantitative estimate of drug-likeness (QED) is 0.550. The van der Waals surface area contributed by atoms with E-state index in [1.807, 2.05) is 49.5 Å². The van der Waals surface area contributed by atoms with E-state index in [0.717, 1.165) is 11.1 Å². The van der Waals surface area contributed by atoms with Gasteiger partial charge < -0.3 is 0 Å². The van der Waals surface area contributed by atoms with Gasteiger partial charge in [0.05, 0.1) is 0 Å². The predicted molar refractivity (Wildman–Crippen MR) is 70.7 cm³/mol. The van der Waals surface area contributed by atoms with Crippen LogP contribution in [0.5, 0.6) is 0 Å². The largest absolute Gasteiger partial charge is 0.0991 e. The Kier molecular flexibility index (Phi) is 7.70. The minimum absolute atomic E-state index is 1.08. The van der Waals surface area contributed by atoms with Crippen LogP contribution in [0.25, 0.3) is 0 Å². The van der Waals surface area contributed by atoms with Gasteiger partial charge in [-0.2, -0.15) is 0 Å². The van der Waals surface area contributed by atoms with Gasteiger partial charge in [0, 0.05) is 0 Å². The summed E-state index contributed by atoms with van der Waals surface area (Å²) in [6.07, 6.45) is 17.1. The smallest absolute Gasteiger partial charge is 0.0193 e. The minimum Gasteiger partial charge on any atom is -0.0991 e. The summed E-state index contributed by atoms with van der Waals surface area (Å²) >= 11 is 0. The maximum Gasteiger partial charge on any atom is -0.0193 e. The Morgan fingerprint density at radius 1 is 0.867 bits per heavy atom. The van der Waals surface area contributed by atoms with Crippen molar-refractivity contribution in [2.24, 2.45) is 0 Å². The zero-order valence-corrected chi connectivity index (χ0v) is 9.32. The minimum atomic E-state index is 1.08. The van der Waals surface area contributed by atoms with Crippen LogP contribution in [-0.2, 0) is 0 Å². The maximum absolute atomic E-state index is 3.79. The Morgan fingerprint density at radius 2 is 1.53 bits per heavy atom. The van der Waals surface area contributed by atoms with Crippen molar-refractivity contribution < 1.29 is 0 Å². The van der Waals surface area contributed by atoms with E-state index in [2.05, 4.69) is 19.7 Å². The fourth-order valence-corrected chi connectivity index (χ4v) is 1.05. The highest BCUT2D eigenvalue weighted by Gasteiger charge is 1.93. The van der Waals surface area contributed by atoms with E-state index >= 15 is 0 Å². The van der Waals surface area contributed by atoms with Crippen molar-refractivity contribution in [3.05, 3.63) is 85.6 Å². The molecule has 0 rings (SSSR count). The molecule has 0 bridgehead atoms. The second-order valence-electron chi connectivity index (χ2n) is 2.79. The highest BCUT2D eigenvalue weighted by atomic mass is 14.0. The normalized spacial score (nSPS) is 13.4. The Balaban J connectivity index is 4.92. The van der Waals surface area contributed by atoms with E-state index in [1.165, 1.54) is 0 Å². The van der Waals surface area contributed by atoms with Gasteiger partial charge in [-0.15, -0.1) is 0 Å². The van der Waals surface area contributed by atoms with Crippen LogP contribution < -0.4 is 0 Å². The highest BCUT2D eigenvalue weighted by Crippen LogP contribution is 2.12. The van der Waals surface area contributed by atoms with Crippen LogP contribution in [0.15, 0.2) is 85.6 Å². The molecule has 0 radical (unpaired) electrons. The number of allylic oxidation sites excluding steroid dienone is 11. The second-order valence-corrected chi connectivity index (χ2v) is 2.79. The molecule has 0 atom stereocenters. The van der Waals surface area contributed by atoms with E-state index in [-0.39, 0.29) is 0 Å². The first kappa shape index (κ1) is 13.2. The van der Waals surface area contributed by atoms with Crippen LogP contribution in [0.4, 0.5) is 0 Å². The molecule has 0 amide bonds. The first-order valence-electron chi connectivity index (χ1n) is 4.87. The summed E-state index contributed by atoms with van der Waals surface area (Å²) in [5.74, 6) is 0. The lowest BCUT2D eigenvalue weighted by Crippen LogP contribution is -1.81. The Bertz CT molecular complexity index is 333. The summed E-state index contributed by atoms with van der Waals surface area (Å²) in [6, 6.07) is 0. The van der Waals surface area contributed by atoms with Gasteiger partial charge in [0.15, 0.2) is 0 Å². The second kappa shape index (κ2) is 8.76. The molecule has 0 fully saturated rings. The third-order valence-electron chi connectivity index (χ3n) is 1.80. The van der Waals surface area contributed by atoms with Gasteiger partial charge in [-0.25, -0.2) is 0 Å². The summed E-state index contributed by atoms with van der Waals surface area (Å²) in [6.45, 7) is 13.0. The van der Waals surface area contributed by atoms with Gasteiger partial charge in [0.25, 0.3) is 0 Å². The topological polar surface area (TPSA) is 0 Å². The van der Waals surface area contributed by atoms with Gasteiger partial charge in [-0.1, -0.05) is 74.4 Å². The Hall–Kier alpha value is -1.82. The number of hydrogen-bond donors (Lipinski definition) is 0. The molecule has 78 valence electrons. The van der Waals surface area contributed by atoms with Crippen molar-refractivity contribution in [1.82, 2.24) is 0 Å². The lowest BCUT2D eigenvalue weighted by Gasteiger charge is -2.00. The highest BCUT2D eigenvalue weighted by molar-refractivity contribution is 5.47. The summed E-state index contributed by atoms with van der Waals surface area (Å²) < 4.78 is 0. The summed E-state index contributed by atoms with van der Waals surface area (Å²) in [7, 11) is 0. The molecule has 15 heavy (non-hydrogen) atoms. The Labute approximate surface area is 93.0 Å². The van der Waals surface area contributed by atoms with Gasteiger partial charge in [0.2, 0.25) is 0 Å². The molecular formula is C15H18. The molecule has 0 aliphatic heterocycles. The van der Waals surface area contributed by atoms with Crippen molar-refractivity contribution in [1.29, 1.82) is 0 Å². The summed E-state index contributed by atoms with van der Waals surface area (Å²) in [5, 5.41) is 0. The van der Waals surface area contributed by atoms with Gasteiger partial charge in [-0.05, 0) is 18.1 Å². The average Bonchev–Trinajstić information content (AvgIpc) is 2.27. The molecule has 0 heterocycles. The molecule has 0 aliphatic rings. The van der Waals surface area contributed by atoms with E-state index in [0.29, 0.717) is 0 Å².